The molecule has 0 N–H and O–H groups in total. The van der Waals surface area contributed by atoms with E-state index in [2.05, 4.69) is 10.2 Å². The predicted molar refractivity (Wildman–Crippen MR) is 135 cm³/mol. The number of benzene rings is 3. The highest BCUT2D eigenvalue weighted by Gasteiger charge is 2.25. The number of fused-ring (bicyclic) bond motifs is 1. The lowest BCUT2D eigenvalue weighted by atomic mass is 10.1. The van der Waals surface area contributed by atoms with Gasteiger partial charge in [-0.3, -0.25) is 14.2 Å². The number of likely N-dealkylation sites (N-methyl/N-ethyl adjacent to an activating group) is 1. The molecule has 0 bridgehead atoms. The van der Waals surface area contributed by atoms with Crippen molar-refractivity contribution in [1.82, 2.24) is 14.8 Å². The molecule has 0 fully saturated rings. The van der Waals surface area contributed by atoms with E-state index in [1.807, 2.05) is 78.2 Å². The predicted octanol–water partition coefficient (Wildman–Crippen LogP) is 4.65. The number of thioether (sulfide) groups is 1. The van der Waals surface area contributed by atoms with Crippen LogP contribution < -0.4 is 9.64 Å². The number of ether oxygens (including phenoxy) is 1. The Morgan fingerprint density at radius 3 is 2.60 bits per heavy atom. The van der Waals surface area contributed by atoms with Crippen LogP contribution in [-0.2, 0) is 17.8 Å². The highest BCUT2D eigenvalue weighted by Crippen LogP contribution is 2.30. The summed E-state index contributed by atoms with van der Waals surface area (Å²) >= 11 is 1.33. The van der Waals surface area contributed by atoms with Crippen LogP contribution in [-0.4, -0.2) is 39.3 Å². The molecule has 5 rings (SSSR count). The van der Waals surface area contributed by atoms with Crippen LogP contribution in [0.4, 0.5) is 5.69 Å². The van der Waals surface area contributed by atoms with Gasteiger partial charge in [0.2, 0.25) is 5.91 Å². The fraction of sp³-hybridized carbons (Fsp3) is 0.185. The quantitative estimate of drug-likeness (QED) is 0.268. The third-order valence-electron chi connectivity index (χ3n) is 5.98. The first-order chi connectivity index (χ1) is 17.0. The van der Waals surface area contributed by atoms with Gasteiger partial charge in [-0.05, 0) is 54.4 Å². The maximum Gasteiger partial charge on any atom is 0.231 e. The summed E-state index contributed by atoms with van der Waals surface area (Å²) in [5.41, 5.74) is 4.28. The molecule has 0 unspecified atom stereocenters. The summed E-state index contributed by atoms with van der Waals surface area (Å²) in [5, 5.41) is 9.34. The van der Waals surface area contributed by atoms with Crippen molar-refractivity contribution in [2.45, 2.75) is 25.1 Å². The molecule has 0 saturated heterocycles. The normalized spacial score (nSPS) is 12.6. The summed E-state index contributed by atoms with van der Waals surface area (Å²) in [4.78, 5) is 26.6. The Morgan fingerprint density at radius 2 is 1.80 bits per heavy atom. The van der Waals surface area contributed by atoms with E-state index in [1.165, 1.54) is 11.8 Å². The van der Waals surface area contributed by atoms with Crippen molar-refractivity contribution < 1.29 is 14.3 Å². The molecule has 0 spiro atoms. The first kappa shape index (κ1) is 22.9. The molecule has 0 aliphatic carbocycles. The topological polar surface area (TPSA) is 77.3 Å². The Morgan fingerprint density at radius 1 is 1.03 bits per heavy atom. The van der Waals surface area contributed by atoms with Crippen molar-refractivity contribution in [1.29, 1.82) is 0 Å². The number of ketones is 1. The number of aromatic nitrogens is 3. The van der Waals surface area contributed by atoms with E-state index >= 15 is 0 Å². The van der Waals surface area contributed by atoms with Crippen molar-refractivity contribution >= 4 is 29.1 Å². The molecule has 4 aromatic rings. The number of carbonyl (C=O) groups excluding carboxylic acids is 2. The molecule has 0 atom stereocenters. The molecular weight excluding hydrogens is 460 g/mol. The first-order valence-corrected chi connectivity index (χ1v) is 12.2. The molecule has 1 aliphatic rings. The number of amides is 1. The average molecular weight is 485 g/mol. The van der Waals surface area contributed by atoms with Crippen molar-refractivity contribution in [3.63, 3.8) is 0 Å². The van der Waals surface area contributed by atoms with Gasteiger partial charge in [0, 0.05) is 24.0 Å². The zero-order valence-electron chi connectivity index (χ0n) is 19.5. The number of anilines is 1. The lowest BCUT2D eigenvalue weighted by Crippen LogP contribution is -2.20. The second-order valence-electron chi connectivity index (χ2n) is 8.31. The van der Waals surface area contributed by atoms with Crippen molar-refractivity contribution in [3.05, 3.63) is 95.3 Å². The van der Waals surface area contributed by atoms with Gasteiger partial charge in [0.15, 0.2) is 16.8 Å². The minimum absolute atomic E-state index is 0.0277. The largest absolute Gasteiger partial charge is 0.485 e. The van der Waals surface area contributed by atoms with Crippen LogP contribution in [0.3, 0.4) is 0 Å². The van der Waals surface area contributed by atoms with E-state index in [4.69, 9.17) is 4.74 Å². The van der Waals surface area contributed by atoms with Crippen LogP contribution in [0.25, 0.3) is 5.69 Å². The highest BCUT2D eigenvalue weighted by molar-refractivity contribution is 7.99. The number of hydrogen-bond acceptors (Lipinski definition) is 6. The van der Waals surface area contributed by atoms with E-state index < -0.39 is 0 Å². The molecule has 0 radical (unpaired) electrons. The molecule has 1 amide bonds. The standard InChI is InChI=1S/C27H24N4O3S/c1-18-8-6-7-11-24(18)34-16-25-28-29-27(31(25)21-9-4-3-5-10-21)35-17-23(32)19-12-13-22-20(14-19)15-26(33)30(22)2/h3-14H,15-17H2,1-2H3. The molecule has 8 heteroatoms. The van der Waals surface area contributed by atoms with E-state index in [0.29, 0.717) is 23.0 Å². The van der Waals surface area contributed by atoms with Gasteiger partial charge in [0.05, 0.1) is 12.2 Å². The third-order valence-corrected chi connectivity index (χ3v) is 6.91. The van der Waals surface area contributed by atoms with Crippen LogP contribution >= 0.6 is 11.8 Å². The summed E-state index contributed by atoms with van der Waals surface area (Å²) in [6, 6.07) is 23.1. The van der Waals surface area contributed by atoms with Gasteiger partial charge in [-0.1, -0.05) is 48.2 Å². The van der Waals surface area contributed by atoms with Crippen LogP contribution in [0, 0.1) is 6.92 Å². The molecule has 1 aliphatic heterocycles. The van der Waals surface area contributed by atoms with E-state index in [-0.39, 0.29) is 24.1 Å². The summed E-state index contributed by atoms with van der Waals surface area (Å²) in [6.07, 6.45) is 0.326. The van der Waals surface area contributed by atoms with Crippen molar-refractivity contribution in [2.75, 3.05) is 17.7 Å². The van der Waals surface area contributed by atoms with Gasteiger partial charge >= 0.3 is 0 Å². The van der Waals surface area contributed by atoms with E-state index in [0.717, 1.165) is 28.3 Å². The fourth-order valence-electron chi connectivity index (χ4n) is 4.04. The fourth-order valence-corrected chi connectivity index (χ4v) is 4.91. The molecular formula is C27H24N4O3S. The monoisotopic (exact) mass is 484 g/mol. The number of nitrogens with zero attached hydrogens (tertiary/aromatic N) is 4. The molecule has 35 heavy (non-hydrogen) atoms. The lowest BCUT2D eigenvalue weighted by molar-refractivity contribution is -0.117. The van der Waals surface area contributed by atoms with Crippen LogP contribution in [0.1, 0.15) is 27.3 Å². The maximum atomic E-state index is 13.0. The minimum atomic E-state index is -0.0277. The Kier molecular flexibility index (Phi) is 6.37. The van der Waals surface area contributed by atoms with Crippen LogP contribution in [0.5, 0.6) is 5.75 Å². The lowest BCUT2D eigenvalue weighted by Gasteiger charge is -2.12. The summed E-state index contributed by atoms with van der Waals surface area (Å²) < 4.78 is 7.95. The summed E-state index contributed by atoms with van der Waals surface area (Å²) in [7, 11) is 1.75. The zero-order chi connectivity index (χ0) is 24.4. The third kappa shape index (κ3) is 4.70. The van der Waals surface area contributed by atoms with Crippen molar-refractivity contribution in [3.8, 4) is 11.4 Å². The smallest absolute Gasteiger partial charge is 0.231 e. The maximum absolute atomic E-state index is 13.0. The first-order valence-electron chi connectivity index (χ1n) is 11.2. The molecule has 176 valence electrons. The molecule has 2 heterocycles. The minimum Gasteiger partial charge on any atom is -0.485 e. The Balaban J connectivity index is 1.35. The van der Waals surface area contributed by atoms with Gasteiger partial charge in [0.25, 0.3) is 0 Å². The number of Topliss-reactive ketones (excluding diaryl/α,β-unsaturated/α-hetero) is 1. The number of rotatable bonds is 8. The molecule has 3 aromatic carbocycles. The van der Waals surface area contributed by atoms with Crippen LogP contribution in [0.2, 0.25) is 0 Å². The Bertz CT molecular complexity index is 1400. The SMILES string of the molecule is Cc1ccccc1OCc1nnc(SCC(=O)c2ccc3c(c2)CC(=O)N3C)n1-c1ccccc1. The van der Waals surface area contributed by atoms with Gasteiger partial charge in [-0.2, -0.15) is 0 Å². The second kappa shape index (κ2) is 9.76. The Labute approximate surface area is 207 Å². The highest BCUT2D eigenvalue weighted by atomic mass is 32.2. The average Bonchev–Trinajstić information content (AvgIpc) is 3.42. The van der Waals surface area contributed by atoms with Gasteiger partial charge in [-0.25, -0.2) is 0 Å². The van der Waals surface area contributed by atoms with Gasteiger partial charge in [-0.15, -0.1) is 10.2 Å². The molecule has 0 saturated carbocycles. The number of para-hydroxylation sites is 2. The van der Waals surface area contributed by atoms with Gasteiger partial charge < -0.3 is 9.64 Å². The number of aryl methyl sites for hydroxylation is 1. The number of hydrogen-bond donors (Lipinski definition) is 0. The van der Waals surface area contributed by atoms with E-state index in [1.54, 1.807) is 18.0 Å². The number of carbonyl (C=O) groups is 2. The van der Waals surface area contributed by atoms with E-state index in [9.17, 15) is 9.59 Å². The second-order valence-corrected chi connectivity index (χ2v) is 9.25. The Hall–Kier alpha value is -3.91. The summed E-state index contributed by atoms with van der Waals surface area (Å²) in [6.45, 7) is 2.24. The van der Waals surface area contributed by atoms with Crippen LogP contribution in [0.15, 0.2) is 78.0 Å². The summed E-state index contributed by atoms with van der Waals surface area (Å²) in [5.74, 6) is 1.65. The molecule has 1 aromatic heterocycles. The zero-order valence-corrected chi connectivity index (χ0v) is 20.3. The van der Waals surface area contributed by atoms with Crippen molar-refractivity contribution in [2.24, 2.45) is 0 Å². The van der Waals surface area contributed by atoms with Gasteiger partial charge in [0.1, 0.15) is 12.4 Å². The molecule has 7 nitrogen and oxygen atoms in total.